The van der Waals surface area contributed by atoms with E-state index < -0.39 is 20.0 Å². The van der Waals surface area contributed by atoms with Crippen molar-refractivity contribution in [1.82, 2.24) is 23.1 Å². The van der Waals surface area contributed by atoms with Gasteiger partial charge in [0.1, 0.15) is 5.82 Å². The smallest absolute Gasteiger partial charge is 0.243 e. The van der Waals surface area contributed by atoms with Gasteiger partial charge in [0.2, 0.25) is 20.0 Å². The maximum atomic E-state index is 13.1. The summed E-state index contributed by atoms with van der Waals surface area (Å²) in [6.45, 7) is 8.50. The van der Waals surface area contributed by atoms with Gasteiger partial charge in [0, 0.05) is 45.8 Å². The third kappa shape index (κ3) is 4.58. The Balaban J connectivity index is 1.54. The Morgan fingerprint density at radius 3 is 2.19 bits per heavy atom. The summed E-state index contributed by atoms with van der Waals surface area (Å²) in [6, 6.07) is 5.25. The Morgan fingerprint density at radius 1 is 0.875 bits per heavy atom. The second kappa shape index (κ2) is 9.38. The molecule has 1 aromatic heterocycles. The zero-order valence-electron chi connectivity index (χ0n) is 18.9. The number of sulfonamides is 2. The van der Waals surface area contributed by atoms with E-state index in [9.17, 15) is 16.8 Å². The predicted octanol–water partition coefficient (Wildman–Crippen LogP) is 1.70. The highest BCUT2D eigenvalue weighted by atomic mass is 32.2. The third-order valence-electron chi connectivity index (χ3n) is 6.52. The Morgan fingerprint density at radius 2 is 1.56 bits per heavy atom. The Kier molecular flexibility index (Phi) is 6.92. The van der Waals surface area contributed by atoms with Crippen LogP contribution in [0, 0.1) is 0 Å². The molecule has 2 saturated heterocycles. The van der Waals surface area contributed by atoms with Crippen LogP contribution in [0.4, 0.5) is 0 Å². The zero-order valence-corrected chi connectivity index (χ0v) is 20.5. The first-order chi connectivity index (χ1) is 15.3. The molecule has 2 aromatic rings. The fraction of sp³-hybridized carbons (Fsp3) is 0.667. The topological polar surface area (TPSA) is 95.8 Å². The zero-order chi connectivity index (χ0) is 22.9. The molecule has 178 valence electrons. The molecule has 2 aliphatic heterocycles. The SMILES string of the molecule is CCn1c(CN2CCN(S(=O)(=O)CC)CC2)nc2cc(S(=O)(=O)N3CCCCC3)ccc21. The number of imidazole rings is 1. The molecule has 0 saturated carbocycles. The number of rotatable bonds is 7. The summed E-state index contributed by atoms with van der Waals surface area (Å²) in [5, 5.41) is 0. The number of hydrogen-bond acceptors (Lipinski definition) is 6. The van der Waals surface area contributed by atoms with Crippen LogP contribution >= 0.6 is 0 Å². The van der Waals surface area contributed by atoms with Crippen molar-refractivity contribution in [2.45, 2.75) is 51.1 Å². The Labute approximate surface area is 191 Å². The molecule has 3 heterocycles. The fourth-order valence-corrected chi connectivity index (χ4v) is 7.22. The van der Waals surface area contributed by atoms with E-state index in [1.165, 1.54) is 0 Å². The highest BCUT2D eigenvalue weighted by molar-refractivity contribution is 7.89. The van der Waals surface area contributed by atoms with Gasteiger partial charge in [-0.3, -0.25) is 4.90 Å². The van der Waals surface area contributed by atoms with Crippen LogP contribution < -0.4 is 0 Å². The number of nitrogens with zero attached hydrogens (tertiary/aromatic N) is 5. The minimum atomic E-state index is -3.50. The predicted molar refractivity (Wildman–Crippen MR) is 124 cm³/mol. The lowest BCUT2D eigenvalue weighted by atomic mass is 10.2. The molecule has 0 N–H and O–H groups in total. The molecule has 0 atom stereocenters. The van der Waals surface area contributed by atoms with E-state index in [1.54, 1.807) is 27.7 Å². The van der Waals surface area contributed by atoms with E-state index in [2.05, 4.69) is 16.4 Å². The van der Waals surface area contributed by atoms with Crippen LogP contribution in [0.5, 0.6) is 0 Å². The molecule has 32 heavy (non-hydrogen) atoms. The van der Waals surface area contributed by atoms with Crippen molar-refractivity contribution in [2.24, 2.45) is 0 Å². The van der Waals surface area contributed by atoms with Crippen LogP contribution in [-0.2, 0) is 33.1 Å². The number of aryl methyl sites for hydroxylation is 1. The second-order valence-electron chi connectivity index (χ2n) is 8.46. The summed E-state index contributed by atoms with van der Waals surface area (Å²) in [5.41, 5.74) is 1.61. The van der Waals surface area contributed by atoms with Crippen molar-refractivity contribution < 1.29 is 16.8 Å². The van der Waals surface area contributed by atoms with Gasteiger partial charge in [0.15, 0.2) is 0 Å². The van der Waals surface area contributed by atoms with Crippen LogP contribution in [-0.4, -0.2) is 84.9 Å². The van der Waals surface area contributed by atoms with Gasteiger partial charge >= 0.3 is 0 Å². The largest absolute Gasteiger partial charge is 0.327 e. The summed E-state index contributed by atoms with van der Waals surface area (Å²) >= 11 is 0. The lowest BCUT2D eigenvalue weighted by molar-refractivity contribution is 0.176. The number of hydrogen-bond donors (Lipinski definition) is 0. The molecule has 1 aromatic carbocycles. The van der Waals surface area contributed by atoms with E-state index in [-0.39, 0.29) is 5.75 Å². The number of benzene rings is 1. The first-order valence-corrected chi connectivity index (χ1v) is 14.5. The lowest BCUT2D eigenvalue weighted by Gasteiger charge is -2.33. The quantitative estimate of drug-likeness (QED) is 0.595. The number of fused-ring (bicyclic) bond motifs is 1. The van der Waals surface area contributed by atoms with Crippen LogP contribution in [0.2, 0.25) is 0 Å². The molecule has 0 bridgehead atoms. The van der Waals surface area contributed by atoms with E-state index in [1.807, 2.05) is 6.07 Å². The number of piperidine rings is 1. The summed E-state index contributed by atoms with van der Waals surface area (Å²) in [4.78, 5) is 7.30. The third-order valence-corrected chi connectivity index (χ3v) is 10.3. The van der Waals surface area contributed by atoms with Gasteiger partial charge in [-0.1, -0.05) is 6.42 Å². The molecular weight excluding hydrogens is 450 g/mol. The van der Waals surface area contributed by atoms with Crippen molar-refractivity contribution in [3.8, 4) is 0 Å². The highest BCUT2D eigenvalue weighted by Gasteiger charge is 2.28. The molecule has 0 spiro atoms. The van der Waals surface area contributed by atoms with Gasteiger partial charge in [-0.2, -0.15) is 8.61 Å². The molecular formula is C21H33N5O4S2. The van der Waals surface area contributed by atoms with E-state index >= 15 is 0 Å². The minimum Gasteiger partial charge on any atom is -0.327 e. The highest BCUT2D eigenvalue weighted by Crippen LogP contribution is 2.25. The normalized spacial score (nSPS) is 20.2. The van der Waals surface area contributed by atoms with E-state index in [0.717, 1.165) is 37.1 Å². The average Bonchev–Trinajstić information content (AvgIpc) is 3.16. The summed E-state index contributed by atoms with van der Waals surface area (Å²) in [7, 11) is -6.66. The standard InChI is InChI=1S/C21H33N5O4S2/c1-3-26-20-9-8-18(32(29,30)25-10-6-5-7-11-25)16-19(20)22-21(26)17-23-12-14-24(15-13-23)31(27,28)4-2/h8-9,16H,3-7,10-15,17H2,1-2H3. The second-order valence-corrected chi connectivity index (χ2v) is 12.7. The van der Waals surface area contributed by atoms with Gasteiger partial charge in [-0.15, -0.1) is 0 Å². The van der Waals surface area contributed by atoms with Crippen molar-refractivity contribution in [1.29, 1.82) is 0 Å². The summed E-state index contributed by atoms with van der Waals surface area (Å²) in [6.07, 6.45) is 2.89. The summed E-state index contributed by atoms with van der Waals surface area (Å²) < 4.78 is 55.6. The maximum absolute atomic E-state index is 13.1. The molecule has 0 radical (unpaired) electrons. The first-order valence-electron chi connectivity index (χ1n) is 11.5. The van der Waals surface area contributed by atoms with Crippen molar-refractivity contribution in [3.63, 3.8) is 0 Å². The van der Waals surface area contributed by atoms with Crippen LogP contribution in [0.15, 0.2) is 23.1 Å². The van der Waals surface area contributed by atoms with Crippen molar-refractivity contribution in [2.75, 3.05) is 45.0 Å². The minimum absolute atomic E-state index is 0.126. The fourth-order valence-electron chi connectivity index (χ4n) is 4.60. The Hall–Kier alpha value is -1.53. The number of aromatic nitrogens is 2. The molecule has 0 unspecified atom stereocenters. The molecule has 9 nitrogen and oxygen atoms in total. The van der Waals surface area contributed by atoms with Crippen LogP contribution in [0.1, 0.15) is 38.9 Å². The van der Waals surface area contributed by atoms with Gasteiger partial charge in [0.25, 0.3) is 0 Å². The van der Waals surface area contributed by atoms with Gasteiger partial charge in [-0.25, -0.2) is 21.8 Å². The molecule has 2 fully saturated rings. The van der Waals surface area contributed by atoms with Gasteiger partial charge in [-0.05, 0) is 44.9 Å². The summed E-state index contributed by atoms with van der Waals surface area (Å²) in [5.74, 6) is 1.00. The van der Waals surface area contributed by atoms with Crippen molar-refractivity contribution >= 4 is 31.1 Å². The first kappa shape index (κ1) is 23.6. The maximum Gasteiger partial charge on any atom is 0.243 e. The molecule has 0 aliphatic carbocycles. The molecule has 4 rings (SSSR count). The van der Waals surface area contributed by atoms with Gasteiger partial charge < -0.3 is 4.57 Å². The number of piperazine rings is 1. The van der Waals surface area contributed by atoms with E-state index in [0.29, 0.717) is 56.2 Å². The Bertz CT molecular complexity index is 1160. The van der Waals surface area contributed by atoms with Crippen LogP contribution in [0.25, 0.3) is 11.0 Å². The monoisotopic (exact) mass is 483 g/mol. The van der Waals surface area contributed by atoms with Gasteiger partial charge in [0.05, 0.1) is 28.2 Å². The van der Waals surface area contributed by atoms with Crippen LogP contribution in [0.3, 0.4) is 0 Å². The lowest BCUT2D eigenvalue weighted by Crippen LogP contribution is -2.48. The van der Waals surface area contributed by atoms with E-state index in [4.69, 9.17) is 4.98 Å². The molecule has 0 amide bonds. The average molecular weight is 484 g/mol. The molecule has 11 heteroatoms. The molecule has 2 aliphatic rings. The van der Waals surface area contributed by atoms with Crippen molar-refractivity contribution in [3.05, 3.63) is 24.0 Å².